The number of nitrogens with zero attached hydrogens (tertiary/aromatic N) is 1. The van der Waals surface area contributed by atoms with Crippen LogP contribution in [0.3, 0.4) is 0 Å². The fourth-order valence-corrected chi connectivity index (χ4v) is 2.49. The smallest absolute Gasteiger partial charge is 0.0726 e. The van der Waals surface area contributed by atoms with Gasteiger partial charge in [0, 0.05) is 27.5 Å². The summed E-state index contributed by atoms with van der Waals surface area (Å²) in [6.45, 7) is 4.09. The normalized spacial score (nSPS) is 10.8. The van der Waals surface area contributed by atoms with Crippen molar-refractivity contribution in [3.05, 3.63) is 64.8 Å². The number of fused-ring (bicyclic) bond motifs is 1. The number of benzene rings is 2. The minimum absolute atomic E-state index is 0.723. The molecule has 0 spiro atoms. The molecule has 2 aromatic carbocycles. The van der Waals surface area contributed by atoms with Gasteiger partial charge in [-0.1, -0.05) is 29.3 Å². The van der Waals surface area contributed by atoms with E-state index in [0.717, 1.165) is 33.0 Å². The van der Waals surface area contributed by atoms with Crippen molar-refractivity contribution < 1.29 is 0 Å². The Labute approximate surface area is 123 Å². The molecule has 0 bridgehead atoms. The number of aryl methyl sites for hydroxylation is 2. The van der Waals surface area contributed by atoms with Crippen LogP contribution in [0.15, 0.2) is 48.5 Å². The summed E-state index contributed by atoms with van der Waals surface area (Å²) < 4.78 is 0. The van der Waals surface area contributed by atoms with Crippen molar-refractivity contribution in [1.29, 1.82) is 0 Å². The number of aromatic nitrogens is 1. The Morgan fingerprint density at radius 2 is 1.85 bits per heavy atom. The van der Waals surface area contributed by atoms with E-state index in [4.69, 9.17) is 11.6 Å². The monoisotopic (exact) mass is 282 g/mol. The molecule has 0 atom stereocenters. The Morgan fingerprint density at radius 1 is 1.00 bits per heavy atom. The van der Waals surface area contributed by atoms with E-state index in [2.05, 4.69) is 41.5 Å². The second kappa shape index (κ2) is 5.14. The minimum atomic E-state index is 0.723. The fourth-order valence-electron chi connectivity index (χ4n) is 2.30. The molecule has 100 valence electrons. The number of anilines is 2. The molecule has 0 aliphatic carbocycles. The van der Waals surface area contributed by atoms with Gasteiger partial charge < -0.3 is 5.32 Å². The van der Waals surface area contributed by atoms with Gasteiger partial charge in [-0.2, -0.15) is 0 Å². The first-order valence-electron chi connectivity index (χ1n) is 6.52. The van der Waals surface area contributed by atoms with E-state index < -0.39 is 0 Å². The summed E-state index contributed by atoms with van der Waals surface area (Å²) in [7, 11) is 0. The van der Waals surface area contributed by atoms with E-state index in [1.165, 1.54) is 5.56 Å². The SMILES string of the molecule is Cc1ccc2nc(C)cc(Nc3cccc(Cl)c3)c2c1. The van der Waals surface area contributed by atoms with Gasteiger partial charge in [0.2, 0.25) is 0 Å². The highest BCUT2D eigenvalue weighted by atomic mass is 35.5. The molecule has 3 rings (SSSR count). The predicted octanol–water partition coefficient (Wildman–Crippen LogP) is 5.25. The maximum absolute atomic E-state index is 6.03. The molecule has 0 saturated carbocycles. The lowest BCUT2D eigenvalue weighted by atomic mass is 10.1. The van der Waals surface area contributed by atoms with Crippen LogP contribution in [0.1, 0.15) is 11.3 Å². The third-order valence-corrected chi connectivity index (χ3v) is 3.43. The van der Waals surface area contributed by atoms with E-state index >= 15 is 0 Å². The van der Waals surface area contributed by atoms with Crippen molar-refractivity contribution >= 4 is 33.9 Å². The molecule has 0 radical (unpaired) electrons. The van der Waals surface area contributed by atoms with Crippen LogP contribution in [-0.4, -0.2) is 4.98 Å². The Balaban J connectivity index is 2.12. The quantitative estimate of drug-likeness (QED) is 0.694. The molecule has 0 saturated heterocycles. The Bertz CT molecular complexity index is 781. The molecule has 1 heterocycles. The van der Waals surface area contributed by atoms with Gasteiger partial charge in [0.05, 0.1) is 5.52 Å². The third-order valence-electron chi connectivity index (χ3n) is 3.20. The first kappa shape index (κ1) is 12.9. The lowest BCUT2D eigenvalue weighted by Gasteiger charge is -2.11. The highest BCUT2D eigenvalue weighted by Gasteiger charge is 2.05. The number of pyridine rings is 1. The summed E-state index contributed by atoms with van der Waals surface area (Å²) in [6.07, 6.45) is 0. The summed E-state index contributed by atoms with van der Waals surface area (Å²) in [5.74, 6) is 0. The zero-order chi connectivity index (χ0) is 14.1. The minimum Gasteiger partial charge on any atom is -0.355 e. The summed E-state index contributed by atoms with van der Waals surface area (Å²) in [5.41, 5.74) is 5.24. The molecule has 20 heavy (non-hydrogen) atoms. The van der Waals surface area contributed by atoms with Crippen molar-refractivity contribution in [2.24, 2.45) is 0 Å². The first-order valence-corrected chi connectivity index (χ1v) is 6.90. The summed E-state index contributed by atoms with van der Waals surface area (Å²) >= 11 is 6.03. The van der Waals surface area contributed by atoms with Gasteiger partial charge in [0.1, 0.15) is 0 Å². The van der Waals surface area contributed by atoms with Gasteiger partial charge in [-0.3, -0.25) is 4.98 Å². The van der Waals surface area contributed by atoms with E-state index in [1.807, 2.05) is 31.2 Å². The summed E-state index contributed by atoms with van der Waals surface area (Å²) in [6, 6.07) is 16.1. The molecule has 0 aliphatic heterocycles. The average molecular weight is 283 g/mol. The van der Waals surface area contributed by atoms with Gasteiger partial charge >= 0.3 is 0 Å². The number of halogens is 1. The van der Waals surface area contributed by atoms with Crippen LogP contribution in [0.25, 0.3) is 10.9 Å². The van der Waals surface area contributed by atoms with E-state index in [1.54, 1.807) is 0 Å². The molecule has 0 fully saturated rings. The van der Waals surface area contributed by atoms with Crippen molar-refractivity contribution in [3.8, 4) is 0 Å². The second-order valence-electron chi connectivity index (χ2n) is 4.97. The largest absolute Gasteiger partial charge is 0.355 e. The average Bonchev–Trinajstić information content (AvgIpc) is 2.39. The topological polar surface area (TPSA) is 24.9 Å². The standard InChI is InChI=1S/C17H15ClN2/c1-11-6-7-16-15(8-11)17(9-12(2)19-16)20-14-5-3-4-13(18)10-14/h3-10H,1-2H3,(H,19,20). The molecular formula is C17H15ClN2. The number of nitrogens with one attached hydrogen (secondary N) is 1. The first-order chi connectivity index (χ1) is 9.61. The van der Waals surface area contributed by atoms with Crippen LogP contribution in [0.4, 0.5) is 11.4 Å². The Kier molecular flexibility index (Phi) is 3.33. The molecule has 0 amide bonds. The Morgan fingerprint density at radius 3 is 2.65 bits per heavy atom. The molecule has 0 unspecified atom stereocenters. The van der Waals surface area contributed by atoms with Crippen LogP contribution in [0.2, 0.25) is 5.02 Å². The predicted molar refractivity (Wildman–Crippen MR) is 86.0 cm³/mol. The summed E-state index contributed by atoms with van der Waals surface area (Å²) in [4.78, 5) is 4.57. The van der Waals surface area contributed by atoms with E-state index in [0.29, 0.717) is 0 Å². The molecule has 1 N–H and O–H groups in total. The van der Waals surface area contributed by atoms with Crippen LogP contribution < -0.4 is 5.32 Å². The molecule has 2 nitrogen and oxygen atoms in total. The second-order valence-corrected chi connectivity index (χ2v) is 5.40. The van der Waals surface area contributed by atoms with Gasteiger partial charge in [0.25, 0.3) is 0 Å². The molecule has 1 aromatic heterocycles. The van der Waals surface area contributed by atoms with Crippen molar-refractivity contribution in [3.63, 3.8) is 0 Å². The van der Waals surface area contributed by atoms with Crippen molar-refractivity contribution in [2.75, 3.05) is 5.32 Å². The molecular weight excluding hydrogens is 268 g/mol. The van der Waals surface area contributed by atoms with Gasteiger partial charge in [0.15, 0.2) is 0 Å². The van der Waals surface area contributed by atoms with Gasteiger partial charge in [-0.15, -0.1) is 0 Å². The van der Waals surface area contributed by atoms with Crippen LogP contribution >= 0.6 is 11.6 Å². The van der Waals surface area contributed by atoms with Crippen LogP contribution in [0, 0.1) is 13.8 Å². The van der Waals surface area contributed by atoms with E-state index in [9.17, 15) is 0 Å². The molecule has 3 heteroatoms. The fraction of sp³-hybridized carbons (Fsp3) is 0.118. The maximum atomic E-state index is 6.03. The van der Waals surface area contributed by atoms with Gasteiger partial charge in [-0.25, -0.2) is 0 Å². The number of hydrogen-bond acceptors (Lipinski definition) is 2. The van der Waals surface area contributed by atoms with E-state index in [-0.39, 0.29) is 0 Å². The third kappa shape index (κ3) is 2.61. The lowest BCUT2D eigenvalue weighted by Crippen LogP contribution is -1.95. The van der Waals surface area contributed by atoms with Crippen molar-refractivity contribution in [1.82, 2.24) is 4.98 Å². The highest BCUT2D eigenvalue weighted by molar-refractivity contribution is 6.30. The lowest BCUT2D eigenvalue weighted by molar-refractivity contribution is 1.25. The van der Waals surface area contributed by atoms with Crippen LogP contribution in [-0.2, 0) is 0 Å². The highest BCUT2D eigenvalue weighted by Crippen LogP contribution is 2.28. The Hall–Kier alpha value is -2.06. The van der Waals surface area contributed by atoms with Crippen molar-refractivity contribution in [2.45, 2.75) is 13.8 Å². The number of rotatable bonds is 2. The van der Waals surface area contributed by atoms with Gasteiger partial charge in [-0.05, 0) is 50.2 Å². The maximum Gasteiger partial charge on any atom is 0.0726 e. The molecule has 3 aromatic rings. The number of hydrogen-bond donors (Lipinski definition) is 1. The summed E-state index contributed by atoms with van der Waals surface area (Å²) in [5, 5.41) is 5.28. The molecule has 0 aliphatic rings. The van der Waals surface area contributed by atoms with Crippen LogP contribution in [0.5, 0.6) is 0 Å². The zero-order valence-electron chi connectivity index (χ0n) is 11.4. The zero-order valence-corrected chi connectivity index (χ0v) is 12.2.